The Labute approximate surface area is 187 Å². The van der Waals surface area contributed by atoms with Crippen LogP contribution in [0, 0.1) is 22.7 Å². The third-order valence-electron chi connectivity index (χ3n) is 5.76. The fourth-order valence-corrected chi connectivity index (χ4v) is 4.39. The van der Waals surface area contributed by atoms with Crippen LogP contribution in [0.5, 0.6) is 0 Å². The molecule has 0 spiro atoms. The van der Waals surface area contributed by atoms with Crippen LogP contribution in [0.4, 0.5) is 0 Å². The number of hydrogen-bond donors (Lipinski definition) is 0. The number of fused-ring (bicyclic) bond motifs is 2. The molecule has 0 bridgehead atoms. The molecule has 0 aliphatic heterocycles. The number of pyridine rings is 2. The van der Waals surface area contributed by atoms with Gasteiger partial charge in [0, 0.05) is 24.8 Å². The van der Waals surface area contributed by atoms with Crippen molar-refractivity contribution < 1.29 is 0 Å². The number of nitrogens with zero attached hydrogens (tertiary/aromatic N) is 4. The van der Waals surface area contributed by atoms with E-state index in [-0.39, 0.29) is 0 Å². The Kier molecular flexibility index (Phi) is 5.12. The minimum absolute atomic E-state index is 0.567. The van der Waals surface area contributed by atoms with Gasteiger partial charge in [0.1, 0.15) is 12.1 Å². The van der Waals surface area contributed by atoms with Gasteiger partial charge in [0.15, 0.2) is 14.6 Å². The molecule has 6 heteroatoms. The monoisotopic (exact) mass is 406 g/mol. The molecule has 0 amide bonds. The van der Waals surface area contributed by atoms with Crippen molar-refractivity contribution in [2.45, 2.75) is 0 Å². The van der Waals surface area contributed by atoms with E-state index >= 15 is 0 Å². The van der Waals surface area contributed by atoms with Gasteiger partial charge in [-0.1, -0.05) is 70.4 Å². The highest BCUT2D eigenvalue weighted by atomic mass is 14.6. The molecule has 146 valence electrons. The van der Waals surface area contributed by atoms with Crippen molar-refractivity contribution >= 4 is 58.0 Å². The lowest BCUT2D eigenvalue weighted by molar-refractivity contribution is 1.32. The van der Waals surface area contributed by atoms with Crippen molar-refractivity contribution in [3.63, 3.8) is 0 Å². The van der Waals surface area contributed by atoms with Crippen LogP contribution in [-0.2, 0) is 0 Å². The standard InChI is InChI=1S/C26H16B2N4/c29-11-17-9-19(15-31-13-17)27-25-21-5-1-2-6-22(21)26(24-8-4-3-7-23(24)25)28-20-10-18(12-30)14-32-16-20/h1-10,13-16,27-28H. The zero-order chi connectivity index (χ0) is 21.9. The van der Waals surface area contributed by atoms with Crippen LogP contribution in [0.15, 0.2) is 85.5 Å². The van der Waals surface area contributed by atoms with Gasteiger partial charge in [0.2, 0.25) is 0 Å². The normalized spacial score (nSPS) is 10.4. The van der Waals surface area contributed by atoms with Gasteiger partial charge in [-0.05, 0) is 33.7 Å². The van der Waals surface area contributed by atoms with Crippen molar-refractivity contribution in [3.05, 3.63) is 96.6 Å². The second-order valence-electron chi connectivity index (χ2n) is 7.79. The van der Waals surface area contributed by atoms with Crippen molar-refractivity contribution in [3.8, 4) is 12.1 Å². The summed E-state index contributed by atoms with van der Waals surface area (Å²) in [6, 6.07) is 25.1. The summed E-state index contributed by atoms with van der Waals surface area (Å²) in [7, 11) is 1.38. The lowest BCUT2D eigenvalue weighted by Crippen LogP contribution is -2.34. The molecule has 0 radical (unpaired) electrons. The SMILES string of the molecule is N#Cc1cncc(Bc2c3ccccc3c(Bc3cncc(C#N)c3)c3ccccc23)c1. The lowest BCUT2D eigenvalue weighted by Gasteiger charge is -2.16. The van der Waals surface area contributed by atoms with Crippen LogP contribution in [0.2, 0.25) is 0 Å². The highest BCUT2D eigenvalue weighted by molar-refractivity contribution is 6.77. The van der Waals surface area contributed by atoms with E-state index in [9.17, 15) is 10.5 Å². The molecule has 5 aromatic rings. The molecule has 0 saturated heterocycles. The maximum Gasteiger partial charge on any atom is 0.195 e. The number of benzene rings is 3. The summed E-state index contributed by atoms with van der Waals surface area (Å²) in [5.41, 5.74) is 5.60. The summed E-state index contributed by atoms with van der Waals surface area (Å²) >= 11 is 0. The molecule has 0 N–H and O–H groups in total. The topological polar surface area (TPSA) is 73.4 Å². The Morgan fingerprint density at radius 2 is 0.938 bits per heavy atom. The Balaban J connectivity index is 1.73. The van der Waals surface area contributed by atoms with E-state index in [0.29, 0.717) is 25.7 Å². The summed E-state index contributed by atoms with van der Waals surface area (Å²) < 4.78 is 0. The highest BCUT2D eigenvalue weighted by Gasteiger charge is 2.16. The average molecular weight is 406 g/mol. The smallest absolute Gasteiger partial charge is 0.195 e. The molecule has 2 aromatic heterocycles. The van der Waals surface area contributed by atoms with Gasteiger partial charge in [0.05, 0.1) is 11.1 Å². The zero-order valence-corrected chi connectivity index (χ0v) is 17.3. The largest absolute Gasteiger partial charge is 0.264 e. The predicted molar refractivity (Wildman–Crippen MR) is 132 cm³/mol. The first-order valence-electron chi connectivity index (χ1n) is 10.4. The maximum atomic E-state index is 9.27. The van der Waals surface area contributed by atoms with E-state index in [1.165, 1.54) is 32.5 Å². The lowest BCUT2D eigenvalue weighted by atomic mass is 9.56. The molecule has 32 heavy (non-hydrogen) atoms. The summed E-state index contributed by atoms with van der Waals surface area (Å²) in [5, 5.41) is 23.3. The van der Waals surface area contributed by atoms with Crippen LogP contribution in [-0.4, -0.2) is 24.5 Å². The summed E-state index contributed by atoms with van der Waals surface area (Å²) in [4.78, 5) is 8.49. The van der Waals surface area contributed by atoms with Crippen molar-refractivity contribution in [2.24, 2.45) is 0 Å². The number of nitriles is 2. The van der Waals surface area contributed by atoms with E-state index in [2.05, 4.69) is 70.6 Å². The van der Waals surface area contributed by atoms with Gasteiger partial charge in [0.25, 0.3) is 0 Å². The second kappa shape index (κ2) is 8.38. The van der Waals surface area contributed by atoms with Crippen LogP contribution in [0.3, 0.4) is 0 Å². The van der Waals surface area contributed by atoms with Crippen LogP contribution >= 0.6 is 0 Å². The molecule has 3 aromatic carbocycles. The van der Waals surface area contributed by atoms with Gasteiger partial charge in [-0.15, -0.1) is 0 Å². The number of aromatic nitrogens is 2. The number of rotatable bonds is 4. The van der Waals surface area contributed by atoms with Crippen molar-refractivity contribution in [2.75, 3.05) is 0 Å². The fourth-order valence-electron chi connectivity index (χ4n) is 4.39. The summed E-state index contributed by atoms with van der Waals surface area (Å²) in [6.07, 6.45) is 6.84. The quantitative estimate of drug-likeness (QED) is 0.333. The Morgan fingerprint density at radius 3 is 1.28 bits per heavy atom. The van der Waals surface area contributed by atoms with E-state index < -0.39 is 0 Å². The van der Waals surface area contributed by atoms with E-state index in [4.69, 9.17) is 0 Å². The first kappa shape index (κ1) is 19.5. The molecule has 0 saturated carbocycles. The minimum atomic E-state index is 0.567. The molecular weight excluding hydrogens is 390 g/mol. The average Bonchev–Trinajstić information content (AvgIpc) is 2.86. The summed E-state index contributed by atoms with van der Waals surface area (Å²) in [6.45, 7) is 0. The van der Waals surface area contributed by atoms with Gasteiger partial charge >= 0.3 is 0 Å². The minimum Gasteiger partial charge on any atom is -0.264 e. The molecule has 4 nitrogen and oxygen atoms in total. The molecule has 0 aliphatic rings. The van der Waals surface area contributed by atoms with Gasteiger partial charge in [-0.2, -0.15) is 10.5 Å². The number of hydrogen-bond acceptors (Lipinski definition) is 4. The molecule has 0 atom stereocenters. The Morgan fingerprint density at radius 1 is 0.562 bits per heavy atom. The van der Waals surface area contributed by atoms with Gasteiger partial charge in [-0.3, -0.25) is 9.97 Å². The van der Waals surface area contributed by atoms with Crippen molar-refractivity contribution in [1.82, 2.24) is 9.97 Å². The first-order chi connectivity index (χ1) is 15.8. The summed E-state index contributed by atoms with van der Waals surface area (Å²) in [5.74, 6) is 0. The third kappa shape index (κ3) is 3.60. The van der Waals surface area contributed by atoms with Gasteiger partial charge < -0.3 is 0 Å². The van der Waals surface area contributed by atoms with E-state index in [0.717, 1.165) is 10.9 Å². The van der Waals surface area contributed by atoms with Crippen LogP contribution in [0.25, 0.3) is 21.5 Å². The zero-order valence-electron chi connectivity index (χ0n) is 17.3. The fraction of sp³-hybridized carbons (Fsp3) is 0. The molecule has 0 unspecified atom stereocenters. The molecule has 0 fully saturated rings. The van der Waals surface area contributed by atoms with E-state index in [1.54, 1.807) is 12.4 Å². The Hall–Kier alpha value is -4.41. The second-order valence-corrected chi connectivity index (χ2v) is 7.79. The molecule has 5 rings (SSSR count). The van der Waals surface area contributed by atoms with E-state index in [1.807, 2.05) is 24.5 Å². The molecular formula is C26H16B2N4. The van der Waals surface area contributed by atoms with Crippen LogP contribution in [0.1, 0.15) is 11.1 Å². The van der Waals surface area contributed by atoms with Crippen LogP contribution < -0.4 is 21.9 Å². The maximum absolute atomic E-state index is 9.27. The highest BCUT2D eigenvalue weighted by Crippen LogP contribution is 2.19. The molecule has 0 aliphatic carbocycles. The van der Waals surface area contributed by atoms with Gasteiger partial charge in [-0.25, -0.2) is 0 Å². The van der Waals surface area contributed by atoms with Crippen molar-refractivity contribution in [1.29, 1.82) is 10.5 Å². The molecule has 2 heterocycles. The first-order valence-corrected chi connectivity index (χ1v) is 10.4. The Bertz CT molecular complexity index is 1390. The predicted octanol–water partition coefficient (Wildman–Crippen LogP) is 1.30. The third-order valence-corrected chi connectivity index (χ3v) is 5.76.